The van der Waals surface area contributed by atoms with Crippen molar-refractivity contribution in [3.63, 3.8) is 0 Å². The monoisotopic (exact) mass is 341 g/mol. The molecule has 1 amide bonds. The van der Waals surface area contributed by atoms with Crippen LogP contribution in [0.4, 0.5) is 10.1 Å². The molecule has 0 spiro atoms. The van der Waals surface area contributed by atoms with E-state index >= 15 is 0 Å². The molecule has 0 radical (unpaired) electrons. The first-order valence-electron chi connectivity index (χ1n) is 7.59. The van der Waals surface area contributed by atoms with E-state index in [0.717, 1.165) is 11.1 Å². The zero-order valence-electron chi connectivity index (χ0n) is 13.7. The van der Waals surface area contributed by atoms with E-state index in [0.29, 0.717) is 16.7 Å². The number of fused-ring (bicyclic) bond motifs is 1. The number of aromatic amines is 1. The Kier molecular flexibility index (Phi) is 4.47. The Morgan fingerprint density at radius 2 is 2.04 bits per heavy atom. The van der Waals surface area contributed by atoms with Gasteiger partial charge in [0.25, 0.3) is 0 Å². The number of carbonyl (C=O) groups excluding carboxylic acids is 1. The lowest BCUT2D eigenvalue weighted by Crippen LogP contribution is -2.08. The quantitative estimate of drug-likeness (QED) is 0.693. The van der Waals surface area contributed by atoms with Crippen LogP contribution in [0.1, 0.15) is 11.1 Å². The SMILES string of the molecule is Cc1ccc(C)c(OCC(=O)N=Nc2c(O)[nH]c3ccc(F)cc23)c1. The second kappa shape index (κ2) is 6.72. The number of hydrogen-bond donors (Lipinski definition) is 2. The molecule has 0 bridgehead atoms. The zero-order chi connectivity index (χ0) is 18.0. The molecule has 1 heterocycles. The molecule has 0 fully saturated rings. The number of hydrogen-bond acceptors (Lipinski definition) is 4. The number of aromatic nitrogens is 1. The molecular formula is C18H16FN3O3. The van der Waals surface area contributed by atoms with Crippen LogP contribution >= 0.6 is 0 Å². The van der Waals surface area contributed by atoms with Crippen LogP contribution in [-0.2, 0) is 4.79 Å². The van der Waals surface area contributed by atoms with Gasteiger partial charge in [-0.15, -0.1) is 10.2 Å². The summed E-state index contributed by atoms with van der Waals surface area (Å²) in [6, 6.07) is 9.60. The van der Waals surface area contributed by atoms with Gasteiger partial charge in [0, 0.05) is 5.39 Å². The molecule has 25 heavy (non-hydrogen) atoms. The van der Waals surface area contributed by atoms with Gasteiger partial charge in [0.1, 0.15) is 11.6 Å². The maximum atomic E-state index is 13.3. The van der Waals surface area contributed by atoms with Crippen molar-refractivity contribution in [1.29, 1.82) is 0 Å². The summed E-state index contributed by atoms with van der Waals surface area (Å²) < 4.78 is 18.8. The molecule has 7 heteroatoms. The lowest BCUT2D eigenvalue weighted by molar-refractivity contribution is -0.120. The third-order valence-corrected chi connectivity index (χ3v) is 3.67. The van der Waals surface area contributed by atoms with E-state index in [4.69, 9.17) is 4.74 Å². The third-order valence-electron chi connectivity index (χ3n) is 3.67. The summed E-state index contributed by atoms with van der Waals surface area (Å²) in [4.78, 5) is 14.5. The maximum Gasteiger partial charge on any atom is 0.302 e. The Labute approximate surface area is 143 Å². The van der Waals surface area contributed by atoms with Gasteiger partial charge in [-0.05, 0) is 49.2 Å². The second-order valence-corrected chi connectivity index (χ2v) is 5.66. The van der Waals surface area contributed by atoms with Crippen LogP contribution in [0.15, 0.2) is 46.6 Å². The summed E-state index contributed by atoms with van der Waals surface area (Å²) in [5.74, 6) is -0.785. The number of azo groups is 1. The summed E-state index contributed by atoms with van der Waals surface area (Å²) in [7, 11) is 0. The topological polar surface area (TPSA) is 87.0 Å². The molecule has 6 nitrogen and oxygen atoms in total. The van der Waals surface area contributed by atoms with E-state index in [1.165, 1.54) is 18.2 Å². The smallest absolute Gasteiger partial charge is 0.302 e. The van der Waals surface area contributed by atoms with Gasteiger partial charge in [-0.1, -0.05) is 12.1 Å². The van der Waals surface area contributed by atoms with Crippen LogP contribution in [-0.4, -0.2) is 22.6 Å². The zero-order valence-corrected chi connectivity index (χ0v) is 13.7. The van der Waals surface area contributed by atoms with Crippen molar-refractivity contribution in [3.8, 4) is 11.6 Å². The number of rotatable bonds is 4. The molecule has 128 valence electrons. The molecule has 0 atom stereocenters. The Bertz CT molecular complexity index is 979. The molecule has 2 aromatic carbocycles. The molecular weight excluding hydrogens is 325 g/mol. The average molecular weight is 341 g/mol. The number of aryl methyl sites for hydroxylation is 2. The number of benzene rings is 2. The number of halogens is 1. The Morgan fingerprint density at radius 3 is 2.84 bits per heavy atom. The standard InChI is InChI=1S/C18H16FN3O3/c1-10-3-4-11(2)15(7-10)25-9-16(23)21-22-17-13-8-12(19)5-6-14(13)20-18(17)24/h3-8,20,24H,9H2,1-2H3. The van der Waals surface area contributed by atoms with Crippen molar-refractivity contribution in [2.24, 2.45) is 10.2 Å². The molecule has 1 aromatic heterocycles. The van der Waals surface area contributed by atoms with Gasteiger partial charge < -0.3 is 14.8 Å². The number of aromatic hydroxyl groups is 1. The molecule has 0 aliphatic carbocycles. The fourth-order valence-electron chi connectivity index (χ4n) is 2.37. The van der Waals surface area contributed by atoms with E-state index < -0.39 is 11.7 Å². The van der Waals surface area contributed by atoms with E-state index in [2.05, 4.69) is 15.2 Å². The second-order valence-electron chi connectivity index (χ2n) is 5.66. The van der Waals surface area contributed by atoms with Crippen LogP contribution in [0.25, 0.3) is 10.9 Å². The van der Waals surface area contributed by atoms with Gasteiger partial charge in [0.05, 0.1) is 5.52 Å². The van der Waals surface area contributed by atoms with Crippen LogP contribution in [0.3, 0.4) is 0 Å². The van der Waals surface area contributed by atoms with Crippen molar-refractivity contribution < 1.29 is 19.0 Å². The summed E-state index contributed by atoms with van der Waals surface area (Å²) in [5.41, 5.74) is 2.42. The summed E-state index contributed by atoms with van der Waals surface area (Å²) >= 11 is 0. The highest BCUT2D eigenvalue weighted by atomic mass is 19.1. The summed E-state index contributed by atoms with van der Waals surface area (Å²) in [5, 5.41) is 17.4. The lowest BCUT2D eigenvalue weighted by atomic mass is 10.1. The molecule has 3 rings (SSSR count). The molecule has 3 aromatic rings. The minimum atomic E-state index is -0.619. The van der Waals surface area contributed by atoms with Gasteiger partial charge in [-0.25, -0.2) is 4.39 Å². The van der Waals surface area contributed by atoms with Gasteiger partial charge in [0.2, 0.25) is 5.88 Å². The lowest BCUT2D eigenvalue weighted by Gasteiger charge is -2.07. The number of H-pyrrole nitrogens is 1. The van der Waals surface area contributed by atoms with Gasteiger partial charge in [-0.2, -0.15) is 0 Å². The number of nitrogens with zero attached hydrogens (tertiary/aromatic N) is 2. The van der Waals surface area contributed by atoms with Gasteiger partial charge >= 0.3 is 5.91 Å². The van der Waals surface area contributed by atoms with Crippen molar-refractivity contribution >= 4 is 22.5 Å². The molecule has 0 saturated carbocycles. The van der Waals surface area contributed by atoms with E-state index in [1.54, 1.807) is 0 Å². The normalized spacial score (nSPS) is 11.3. The van der Waals surface area contributed by atoms with Crippen molar-refractivity contribution in [2.45, 2.75) is 13.8 Å². The highest BCUT2D eigenvalue weighted by Gasteiger charge is 2.12. The van der Waals surface area contributed by atoms with Crippen LogP contribution < -0.4 is 4.74 Å². The van der Waals surface area contributed by atoms with Crippen molar-refractivity contribution in [1.82, 2.24) is 4.98 Å². The Morgan fingerprint density at radius 1 is 1.24 bits per heavy atom. The van der Waals surface area contributed by atoms with E-state index in [9.17, 15) is 14.3 Å². The fourth-order valence-corrected chi connectivity index (χ4v) is 2.37. The maximum absolute atomic E-state index is 13.3. The molecule has 0 unspecified atom stereocenters. The van der Waals surface area contributed by atoms with Crippen LogP contribution in [0.5, 0.6) is 11.6 Å². The molecule has 0 aliphatic heterocycles. The Hall–Kier alpha value is -3.22. The molecule has 0 aliphatic rings. The minimum absolute atomic E-state index is 0.00888. The van der Waals surface area contributed by atoms with E-state index in [-0.39, 0.29) is 18.2 Å². The first kappa shape index (κ1) is 16.6. The average Bonchev–Trinajstić information content (AvgIpc) is 2.88. The van der Waals surface area contributed by atoms with Crippen LogP contribution in [0.2, 0.25) is 0 Å². The Balaban J connectivity index is 1.74. The first-order chi connectivity index (χ1) is 11.9. The third kappa shape index (κ3) is 3.65. The largest absolute Gasteiger partial charge is 0.493 e. The highest BCUT2D eigenvalue weighted by molar-refractivity contribution is 5.94. The predicted octanol–water partition coefficient (Wildman–Crippen LogP) is 4.32. The fraction of sp³-hybridized carbons (Fsp3) is 0.167. The minimum Gasteiger partial charge on any atom is -0.493 e. The molecule has 2 N–H and O–H groups in total. The predicted molar refractivity (Wildman–Crippen MR) is 90.9 cm³/mol. The number of ether oxygens (including phenoxy) is 1. The number of carbonyl (C=O) groups is 1. The number of nitrogens with one attached hydrogen (secondary N) is 1. The highest BCUT2D eigenvalue weighted by Crippen LogP contribution is 2.35. The molecule has 0 saturated heterocycles. The van der Waals surface area contributed by atoms with Gasteiger partial charge in [-0.3, -0.25) is 4.79 Å². The van der Waals surface area contributed by atoms with Crippen molar-refractivity contribution in [2.75, 3.05) is 6.61 Å². The van der Waals surface area contributed by atoms with Gasteiger partial charge in [0.15, 0.2) is 12.3 Å². The number of amides is 1. The summed E-state index contributed by atoms with van der Waals surface area (Å²) in [6.07, 6.45) is 0. The first-order valence-corrected chi connectivity index (χ1v) is 7.59. The van der Waals surface area contributed by atoms with E-state index in [1.807, 2.05) is 32.0 Å². The summed E-state index contributed by atoms with van der Waals surface area (Å²) in [6.45, 7) is 3.51. The van der Waals surface area contributed by atoms with Crippen molar-refractivity contribution in [3.05, 3.63) is 53.3 Å². The van der Waals surface area contributed by atoms with Crippen LogP contribution in [0, 0.1) is 19.7 Å².